The van der Waals surface area contributed by atoms with Crippen molar-refractivity contribution < 1.29 is 13.2 Å². The van der Waals surface area contributed by atoms with Gasteiger partial charge < -0.3 is 4.90 Å². The number of rotatable bonds is 2. The molecule has 0 aliphatic carbocycles. The third-order valence-electron chi connectivity index (χ3n) is 2.16. The maximum absolute atomic E-state index is 12.3. The lowest BCUT2D eigenvalue weighted by Gasteiger charge is -2.23. The summed E-state index contributed by atoms with van der Waals surface area (Å²) >= 11 is 5.81. The summed E-state index contributed by atoms with van der Waals surface area (Å²) in [5, 5.41) is 0.138. The number of aromatic nitrogens is 2. The van der Waals surface area contributed by atoms with Crippen LogP contribution in [0, 0.1) is 0 Å². The maximum Gasteiger partial charge on any atom is 0.405 e. The first-order valence-electron chi connectivity index (χ1n) is 5.32. The van der Waals surface area contributed by atoms with Crippen molar-refractivity contribution in [3.8, 4) is 0 Å². The summed E-state index contributed by atoms with van der Waals surface area (Å²) in [4.78, 5) is 9.15. The molecule has 7 heteroatoms. The minimum absolute atomic E-state index is 0.138. The zero-order valence-electron chi connectivity index (χ0n) is 10.6. The largest absolute Gasteiger partial charge is 0.405 e. The van der Waals surface area contributed by atoms with Gasteiger partial charge in [0.05, 0.1) is 0 Å². The molecule has 1 aromatic rings. The Labute approximate surface area is 109 Å². The minimum Gasteiger partial charge on any atom is -0.350 e. The average Bonchev–Trinajstić information content (AvgIpc) is 2.12. The number of nitrogens with zero attached hydrogens (tertiary/aromatic N) is 3. The highest BCUT2D eigenvalue weighted by atomic mass is 35.5. The van der Waals surface area contributed by atoms with Crippen LogP contribution in [-0.2, 0) is 5.41 Å². The molecular formula is C11H15ClF3N3. The topological polar surface area (TPSA) is 29.0 Å². The molecule has 102 valence electrons. The Hall–Kier alpha value is -1.04. The predicted octanol–water partition coefficient (Wildman–Crippen LogP) is 3.43. The molecule has 0 spiro atoms. The van der Waals surface area contributed by atoms with Gasteiger partial charge >= 0.3 is 6.18 Å². The Morgan fingerprint density at radius 1 is 1.22 bits per heavy atom. The number of alkyl halides is 3. The Morgan fingerprint density at radius 3 is 2.22 bits per heavy atom. The molecule has 18 heavy (non-hydrogen) atoms. The zero-order valence-corrected chi connectivity index (χ0v) is 11.4. The molecule has 0 unspecified atom stereocenters. The van der Waals surface area contributed by atoms with Crippen LogP contribution in [0.5, 0.6) is 0 Å². The molecule has 0 saturated carbocycles. The molecule has 0 aliphatic heterocycles. The smallest absolute Gasteiger partial charge is 0.350 e. The molecule has 0 fully saturated rings. The Bertz CT molecular complexity index is 427. The van der Waals surface area contributed by atoms with Crippen LogP contribution in [0.2, 0.25) is 5.15 Å². The molecule has 0 saturated heterocycles. The van der Waals surface area contributed by atoms with Gasteiger partial charge in [-0.15, -0.1) is 0 Å². The third-order valence-corrected chi connectivity index (χ3v) is 2.35. The third kappa shape index (κ3) is 4.33. The molecule has 1 heterocycles. The van der Waals surface area contributed by atoms with Gasteiger partial charge in [-0.2, -0.15) is 13.2 Å². The van der Waals surface area contributed by atoms with Crippen LogP contribution in [0.1, 0.15) is 26.6 Å². The van der Waals surface area contributed by atoms with Crippen LogP contribution < -0.4 is 4.90 Å². The fraction of sp³-hybridized carbons (Fsp3) is 0.636. The second-order valence-corrected chi connectivity index (χ2v) is 5.48. The van der Waals surface area contributed by atoms with Gasteiger partial charge in [0.2, 0.25) is 0 Å². The summed E-state index contributed by atoms with van der Waals surface area (Å²) in [6.45, 7) is 4.52. The van der Waals surface area contributed by atoms with Crippen molar-refractivity contribution in [1.82, 2.24) is 9.97 Å². The molecular weight excluding hydrogens is 267 g/mol. The first-order chi connectivity index (χ1) is 7.99. The van der Waals surface area contributed by atoms with Gasteiger partial charge in [0.25, 0.3) is 0 Å². The molecule has 3 nitrogen and oxygen atoms in total. The summed E-state index contributed by atoms with van der Waals surface area (Å²) < 4.78 is 36.9. The number of halogens is 4. The summed E-state index contributed by atoms with van der Waals surface area (Å²) in [6.07, 6.45) is -4.28. The molecule has 0 N–H and O–H groups in total. The fourth-order valence-corrected chi connectivity index (χ4v) is 1.46. The Kier molecular flexibility index (Phi) is 4.10. The van der Waals surface area contributed by atoms with Crippen molar-refractivity contribution in [3.05, 3.63) is 17.0 Å². The van der Waals surface area contributed by atoms with E-state index in [0.29, 0.717) is 5.82 Å². The number of anilines is 1. The van der Waals surface area contributed by atoms with Crippen molar-refractivity contribution in [3.63, 3.8) is 0 Å². The van der Waals surface area contributed by atoms with Crippen LogP contribution in [-0.4, -0.2) is 29.7 Å². The van der Waals surface area contributed by atoms with Crippen molar-refractivity contribution >= 4 is 17.4 Å². The highest BCUT2D eigenvalue weighted by Crippen LogP contribution is 2.25. The van der Waals surface area contributed by atoms with E-state index in [1.807, 2.05) is 20.8 Å². The second-order valence-electron chi connectivity index (χ2n) is 5.09. The molecule has 0 radical (unpaired) electrons. The van der Waals surface area contributed by atoms with Crippen LogP contribution in [0.25, 0.3) is 0 Å². The van der Waals surface area contributed by atoms with Crippen LogP contribution >= 0.6 is 11.6 Å². The van der Waals surface area contributed by atoms with Crippen molar-refractivity contribution in [2.75, 3.05) is 18.5 Å². The highest BCUT2D eigenvalue weighted by molar-refractivity contribution is 6.29. The monoisotopic (exact) mass is 281 g/mol. The van der Waals surface area contributed by atoms with Gasteiger partial charge in [-0.1, -0.05) is 32.4 Å². The highest BCUT2D eigenvalue weighted by Gasteiger charge is 2.30. The van der Waals surface area contributed by atoms with E-state index in [0.717, 1.165) is 4.90 Å². The SMILES string of the molecule is CN(CC(F)(F)F)c1cc(Cl)nc(C(C)(C)C)n1. The van der Waals surface area contributed by atoms with Gasteiger partial charge in [0.15, 0.2) is 0 Å². The zero-order chi connectivity index (χ0) is 14.1. The molecule has 0 aliphatic rings. The van der Waals surface area contributed by atoms with Gasteiger partial charge in [-0.25, -0.2) is 9.97 Å². The van der Waals surface area contributed by atoms with E-state index in [2.05, 4.69) is 9.97 Å². The van der Waals surface area contributed by atoms with Crippen LogP contribution in [0.3, 0.4) is 0 Å². The van der Waals surface area contributed by atoms with Crippen molar-refractivity contribution in [2.45, 2.75) is 32.4 Å². The first kappa shape index (κ1) is 15.0. The van der Waals surface area contributed by atoms with Gasteiger partial charge in [0.1, 0.15) is 23.3 Å². The standard InChI is InChI=1S/C11H15ClF3N3/c1-10(2,3)9-16-7(12)5-8(17-9)18(4)6-11(13,14)15/h5H,6H2,1-4H3. The van der Waals surface area contributed by atoms with Crippen LogP contribution in [0.4, 0.5) is 19.0 Å². The number of hydrogen-bond donors (Lipinski definition) is 0. The van der Waals surface area contributed by atoms with Crippen molar-refractivity contribution in [1.29, 1.82) is 0 Å². The second kappa shape index (κ2) is 4.91. The van der Waals surface area contributed by atoms with E-state index >= 15 is 0 Å². The summed E-state index contributed by atoms with van der Waals surface area (Å²) in [5.41, 5.74) is -0.376. The van der Waals surface area contributed by atoms with Gasteiger partial charge in [-0.3, -0.25) is 0 Å². The molecule has 0 amide bonds. The Morgan fingerprint density at radius 2 is 1.78 bits per heavy atom. The van der Waals surface area contributed by atoms with Crippen molar-refractivity contribution in [2.24, 2.45) is 0 Å². The predicted molar refractivity (Wildman–Crippen MR) is 65.1 cm³/mol. The fourth-order valence-electron chi connectivity index (χ4n) is 1.29. The van der Waals surface area contributed by atoms with E-state index in [1.54, 1.807) is 0 Å². The first-order valence-corrected chi connectivity index (χ1v) is 5.70. The normalized spacial score (nSPS) is 12.7. The summed E-state index contributed by atoms with van der Waals surface area (Å²) in [5.74, 6) is 0.580. The van der Waals surface area contributed by atoms with E-state index in [9.17, 15) is 13.2 Å². The van der Waals surface area contributed by atoms with E-state index in [-0.39, 0.29) is 16.4 Å². The van der Waals surface area contributed by atoms with Crippen LogP contribution in [0.15, 0.2) is 6.07 Å². The van der Waals surface area contributed by atoms with E-state index in [1.165, 1.54) is 13.1 Å². The number of hydrogen-bond acceptors (Lipinski definition) is 3. The lowest BCUT2D eigenvalue weighted by Crippen LogP contribution is -2.32. The molecule has 0 aromatic carbocycles. The summed E-state index contributed by atoms with van der Waals surface area (Å²) in [7, 11) is 1.32. The van der Waals surface area contributed by atoms with E-state index < -0.39 is 12.7 Å². The molecule has 0 bridgehead atoms. The molecule has 1 rings (SSSR count). The Balaban J connectivity index is 3.07. The summed E-state index contributed by atoms with van der Waals surface area (Å²) in [6, 6.07) is 1.32. The average molecular weight is 282 g/mol. The quantitative estimate of drug-likeness (QED) is 0.778. The lowest BCUT2D eigenvalue weighted by atomic mass is 9.96. The lowest BCUT2D eigenvalue weighted by molar-refractivity contribution is -0.119. The van der Waals surface area contributed by atoms with Gasteiger partial charge in [-0.05, 0) is 0 Å². The molecule has 0 atom stereocenters. The molecule has 1 aromatic heterocycles. The minimum atomic E-state index is -4.28. The van der Waals surface area contributed by atoms with E-state index in [4.69, 9.17) is 11.6 Å². The van der Waals surface area contributed by atoms with Gasteiger partial charge in [0, 0.05) is 18.5 Å². The maximum atomic E-state index is 12.3.